The molecule has 7 aromatic rings. The van der Waals surface area contributed by atoms with E-state index in [9.17, 15) is 24.3 Å². The highest BCUT2D eigenvalue weighted by molar-refractivity contribution is 6.32. The predicted molar refractivity (Wildman–Crippen MR) is 191 cm³/mol. The number of aldehydes is 2. The number of nitrogens with zero attached hydrogens (tertiary/aromatic N) is 4. The van der Waals surface area contributed by atoms with Crippen LogP contribution >= 0.6 is 11.6 Å². The third kappa shape index (κ3) is 5.52. The second-order valence-corrected chi connectivity index (χ2v) is 11.8. The van der Waals surface area contributed by atoms with Crippen molar-refractivity contribution in [3.05, 3.63) is 86.7 Å². The normalized spacial score (nSPS) is 12.6. The molecular weight excluding hydrogens is 696 g/mol. The van der Waals surface area contributed by atoms with E-state index in [1.54, 1.807) is 47.0 Å². The van der Waals surface area contributed by atoms with Gasteiger partial charge in [0.05, 0.1) is 39.7 Å². The van der Waals surface area contributed by atoms with Gasteiger partial charge in [0.25, 0.3) is 5.56 Å². The van der Waals surface area contributed by atoms with E-state index in [-0.39, 0.29) is 70.7 Å². The summed E-state index contributed by atoms with van der Waals surface area (Å²) < 4.78 is 26.7. The van der Waals surface area contributed by atoms with Crippen molar-refractivity contribution in [2.75, 3.05) is 27.4 Å². The molecule has 0 fully saturated rings. The smallest absolute Gasteiger partial charge is 0.336 e. The number of rotatable bonds is 4. The van der Waals surface area contributed by atoms with Crippen LogP contribution in [0.15, 0.2) is 63.9 Å². The summed E-state index contributed by atoms with van der Waals surface area (Å²) in [6.07, 6.45) is 1.39. The van der Waals surface area contributed by atoms with Crippen LogP contribution in [0.25, 0.3) is 55.8 Å². The van der Waals surface area contributed by atoms with Crippen LogP contribution in [0.2, 0.25) is 5.02 Å². The van der Waals surface area contributed by atoms with E-state index < -0.39 is 11.5 Å². The number of aromatic nitrogens is 5. The standard InChI is InChI=1S/C35H24ClN5O9.CH5N/c1-47-30-17(15-42)2-6-25-28(30)37-32-20-4-3-19(12-18(20)16-43)48-10-11-49-27-14-22(23(35(45)46)13-24(27)36)33-38-29-26(41(33)9-8-40(25)32)7-5-21-31(29)50-39-34(21)44;1-2/h2-7,12-16H,8-11H2,1H3,(H,39,44)(H,45,46);2H2,1H3. The number of carboxylic acid groups (broad SMARTS) is 1. The van der Waals surface area contributed by atoms with E-state index >= 15 is 0 Å². The van der Waals surface area contributed by atoms with E-state index in [0.29, 0.717) is 62.9 Å². The van der Waals surface area contributed by atoms with E-state index in [1.165, 1.54) is 26.3 Å². The van der Waals surface area contributed by atoms with Crippen LogP contribution in [-0.4, -0.2) is 75.3 Å². The summed E-state index contributed by atoms with van der Waals surface area (Å²) in [6, 6.07) is 14.5. The number of imidazole rings is 2. The average Bonchev–Trinajstić information content (AvgIpc) is 3.85. The lowest BCUT2D eigenvalue weighted by molar-refractivity contribution is 0.0697. The number of hydrogen-bond donors (Lipinski definition) is 3. The molecule has 16 heteroatoms. The van der Waals surface area contributed by atoms with Gasteiger partial charge >= 0.3 is 5.97 Å². The van der Waals surface area contributed by atoms with Crippen molar-refractivity contribution in [2.24, 2.45) is 5.73 Å². The molecule has 15 nitrogen and oxygen atoms in total. The van der Waals surface area contributed by atoms with Gasteiger partial charge in [-0.15, -0.1) is 0 Å². The van der Waals surface area contributed by atoms with Crippen LogP contribution in [0.5, 0.6) is 17.2 Å². The number of aryl methyl sites for hydroxylation is 2. The van der Waals surface area contributed by atoms with Crippen molar-refractivity contribution in [1.29, 1.82) is 0 Å². The summed E-state index contributed by atoms with van der Waals surface area (Å²) in [4.78, 5) is 59.2. The number of aromatic carboxylic acids is 1. The van der Waals surface area contributed by atoms with Gasteiger partial charge in [0, 0.05) is 29.8 Å². The van der Waals surface area contributed by atoms with Crippen LogP contribution in [0, 0.1) is 0 Å². The highest BCUT2D eigenvalue weighted by Gasteiger charge is 2.26. The number of halogens is 1. The summed E-state index contributed by atoms with van der Waals surface area (Å²) in [5, 5.41) is 13.0. The molecule has 0 atom stereocenters. The Morgan fingerprint density at radius 3 is 2.29 bits per heavy atom. The first-order chi connectivity index (χ1) is 25.3. The number of aromatic amines is 1. The lowest BCUT2D eigenvalue weighted by Gasteiger charge is -2.16. The fourth-order valence-corrected chi connectivity index (χ4v) is 6.64. The summed E-state index contributed by atoms with van der Waals surface area (Å²) in [7, 11) is 2.95. The van der Waals surface area contributed by atoms with E-state index in [0.717, 1.165) is 0 Å². The molecule has 0 saturated heterocycles. The van der Waals surface area contributed by atoms with Crippen LogP contribution in [0.1, 0.15) is 31.1 Å². The van der Waals surface area contributed by atoms with Crippen molar-refractivity contribution in [2.45, 2.75) is 13.1 Å². The molecule has 3 aromatic heterocycles. The first-order valence-electron chi connectivity index (χ1n) is 15.8. The Morgan fingerprint density at radius 2 is 1.58 bits per heavy atom. The van der Waals surface area contributed by atoms with E-state index in [1.807, 2.05) is 4.57 Å². The SMILES string of the molecule is CN.COc1c(C=O)ccc2c1nc1n2CCn2c(nc3c4o[nH]c(=O)c4ccc32)-c2cc(c(Cl)cc2C(=O)O)OCCOc2ccc-1c(C=O)c2. The molecule has 4 bridgehead atoms. The van der Waals surface area contributed by atoms with Gasteiger partial charge in [-0.2, -0.15) is 5.16 Å². The summed E-state index contributed by atoms with van der Waals surface area (Å²) in [6.45, 7) is 0.484. The van der Waals surface area contributed by atoms with Crippen LogP contribution < -0.4 is 25.5 Å². The Balaban J connectivity index is 0.00000207. The Labute approximate surface area is 298 Å². The molecule has 264 valence electrons. The number of benzene rings is 4. The first-order valence-corrected chi connectivity index (χ1v) is 16.2. The van der Waals surface area contributed by atoms with Gasteiger partial charge in [-0.3, -0.25) is 14.4 Å². The van der Waals surface area contributed by atoms with Gasteiger partial charge in [0.1, 0.15) is 47.4 Å². The first kappa shape index (κ1) is 34.0. The number of carbonyl (C=O) groups excluding carboxylic acids is 2. The minimum atomic E-state index is -1.25. The molecule has 52 heavy (non-hydrogen) atoms. The third-order valence-corrected chi connectivity index (χ3v) is 8.99. The predicted octanol–water partition coefficient (Wildman–Crippen LogP) is 5.19. The van der Waals surface area contributed by atoms with Gasteiger partial charge in [-0.1, -0.05) is 11.6 Å². The van der Waals surface area contributed by atoms with Crippen molar-refractivity contribution in [3.8, 4) is 40.0 Å². The number of hydrogen-bond acceptors (Lipinski definition) is 11. The quantitative estimate of drug-likeness (QED) is 0.201. The molecule has 2 aliphatic rings. The zero-order chi connectivity index (χ0) is 36.7. The molecule has 0 amide bonds. The Hall–Kier alpha value is -6.45. The lowest BCUT2D eigenvalue weighted by atomic mass is 10.1. The van der Waals surface area contributed by atoms with Gasteiger partial charge in [-0.05, 0) is 61.6 Å². The Bertz CT molecular complexity index is 2620. The maximum atomic E-state index is 12.6. The monoisotopic (exact) mass is 724 g/mol. The van der Waals surface area contributed by atoms with Crippen LogP contribution in [0.4, 0.5) is 0 Å². The highest BCUT2D eigenvalue weighted by atomic mass is 35.5. The largest absolute Gasteiger partial charge is 0.494 e. The molecule has 5 heterocycles. The topological polar surface area (TPSA) is 207 Å². The van der Waals surface area contributed by atoms with Gasteiger partial charge < -0.3 is 38.7 Å². The molecule has 4 aromatic carbocycles. The van der Waals surface area contributed by atoms with Gasteiger partial charge in [0.2, 0.25) is 0 Å². The molecule has 9 rings (SSSR count). The number of carboxylic acids is 1. The second-order valence-electron chi connectivity index (χ2n) is 11.4. The van der Waals surface area contributed by atoms with Crippen molar-refractivity contribution in [1.82, 2.24) is 24.3 Å². The molecule has 2 aliphatic heterocycles. The molecule has 4 N–H and O–H groups in total. The number of methoxy groups -OCH3 is 1. The summed E-state index contributed by atoms with van der Waals surface area (Å²) in [5.41, 5.74) is 7.30. The number of ether oxygens (including phenoxy) is 3. The Morgan fingerprint density at radius 1 is 0.904 bits per heavy atom. The molecule has 0 saturated carbocycles. The molecular formula is C36H29ClN6O9. The maximum Gasteiger partial charge on any atom is 0.336 e. The minimum Gasteiger partial charge on any atom is -0.494 e. The zero-order valence-corrected chi connectivity index (χ0v) is 28.4. The fraction of sp³-hybridized carbons (Fsp3) is 0.167. The van der Waals surface area contributed by atoms with Crippen molar-refractivity contribution < 1.29 is 38.2 Å². The molecule has 0 aliphatic carbocycles. The summed E-state index contributed by atoms with van der Waals surface area (Å²) in [5.74, 6) is 0.276. The highest BCUT2D eigenvalue weighted by Crippen LogP contribution is 2.38. The molecule has 0 unspecified atom stereocenters. The Kier molecular flexibility index (Phi) is 8.96. The van der Waals surface area contributed by atoms with Gasteiger partial charge in [-0.25, -0.2) is 14.8 Å². The third-order valence-electron chi connectivity index (χ3n) is 8.69. The van der Waals surface area contributed by atoms with Gasteiger partial charge in [0.15, 0.2) is 23.9 Å². The number of nitrogens with one attached hydrogen (secondary N) is 1. The van der Waals surface area contributed by atoms with Crippen LogP contribution in [0.3, 0.4) is 0 Å². The number of carbonyl (C=O) groups is 3. The molecule has 0 spiro atoms. The minimum absolute atomic E-state index is 0.0317. The van der Waals surface area contributed by atoms with Crippen molar-refractivity contribution >= 4 is 63.2 Å². The van der Waals surface area contributed by atoms with E-state index in [4.69, 9.17) is 40.3 Å². The average molecular weight is 725 g/mol. The van der Waals surface area contributed by atoms with E-state index in [2.05, 4.69) is 10.9 Å². The van der Waals surface area contributed by atoms with Crippen LogP contribution in [-0.2, 0) is 13.1 Å². The fourth-order valence-electron chi connectivity index (χ4n) is 6.42. The zero-order valence-electron chi connectivity index (χ0n) is 27.6. The molecule has 0 radical (unpaired) electrons. The lowest BCUT2D eigenvalue weighted by Crippen LogP contribution is -2.12. The number of nitrogens with two attached hydrogens (primary N) is 1. The maximum absolute atomic E-state index is 12.6. The second kappa shape index (κ2) is 13.7. The van der Waals surface area contributed by atoms with Crippen molar-refractivity contribution in [3.63, 3.8) is 0 Å². The number of fused-ring (bicyclic) bond motifs is 10. The number of H-pyrrole nitrogens is 1. The summed E-state index contributed by atoms with van der Waals surface area (Å²) >= 11 is 6.51.